The average molecular weight is 483 g/mol. The molecule has 3 fully saturated rings. The molecule has 2 aliphatic carbocycles. The molecule has 0 bridgehead atoms. The number of anilines is 1. The van der Waals surface area contributed by atoms with Gasteiger partial charge in [0.2, 0.25) is 5.43 Å². The summed E-state index contributed by atoms with van der Waals surface area (Å²) in [6.45, 7) is 2.33. The van der Waals surface area contributed by atoms with Gasteiger partial charge >= 0.3 is 0 Å². The number of nitrogens with one attached hydrogen (secondary N) is 1. The topological polar surface area (TPSA) is 74.7 Å². The molecule has 180 valence electrons. The molecule has 3 aliphatic rings. The summed E-state index contributed by atoms with van der Waals surface area (Å²) in [7, 11) is 0. The van der Waals surface area contributed by atoms with Gasteiger partial charge in [-0.1, -0.05) is 36.9 Å². The Labute approximate surface area is 204 Å². The van der Waals surface area contributed by atoms with Crippen LogP contribution in [0.15, 0.2) is 41.5 Å². The lowest BCUT2D eigenvalue weighted by Crippen LogP contribution is -2.50. The van der Waals surface area contributed by atoms with Crippen molar-refractivity contribution in [1.29, 1.82) is 0 Å². The molecule has 2 amide bonds. The van der Waals surface area contributed by atoms with Crippen molar-refractivity contribution in [3.63, 3.8) is 0 Å². The Hall–Kier alpha value is -2.80. The maximum atomic E-state index is 13.4. The van der Waals surface area contributed by atoms with Gasteiger partial charge in [0.25, 0.3) is 11.8 Å². The first-order valence-electron chi connectivity index (χ1n) is 12.4. The minimum atomic E-state index is -0.465. The van der Waals surface area contributed by atoms with Crippen molar-refractivity contribution in [3.8, 4) is 0 Å². The van der Waals surface area contributed by atoms with Crippen LogP contribution in [-0.4, -0.2) is 53.5 Å². The average Bonchev–Trinajstić information content (AvgIpc) is 3.70. The van der Waals surface area contributed by atoms with E-state index in [9.17, 15) is 14.4 Å². The van der Waals surface area contributed by atoms with E-state index in [1.165, 1.54) is 6.42 Å². The fourth-order valence-electron chi connectivity index (χ4n) is 5.02. The highest BCUT2D eigenvalue weighted by Crippen LogP contribution is 2.34. The fraction of sp³-hybridized carbons (Fsp3) is 0.500. The summed E-state index contributed by atoms with van der Waals surface area (Å²) >= 11 is 6.13. The SMILES string of the molecule is O=C(NC1CCCCC1)c1cn(C2CC2)cc(C(=O)N2CCN(c3cccc(Cl)c3)CC2)c1=O. The van der Waals surface area contributed by atoms with Crippen LogP contribution in [0.4, 0.5) is 5.69 Å². The number of amides is 2. The summed E-state index contributed by atoms with van der Waals surface area (Å²) in [4.78, 5) is 43.7. The van der Waals surface area contributed by atoms with Gasteiger partial charge in [-0.25, -0.2) is 0 Å². The van der Waals surface area contributed by atoms with Crippen LogP contribution in [0.1, 0.15) is 71.7 Å². The van der Waals surface area contributed by atoms with Crippen molar-refractivity contribution >= 4 is 29.1 Å². The summed E-state index contributed by atoms with van der Waals surface area (Å²) in [6.07, 6.45) is 10.6. The molecule has 7 nitrogen and oxygen atoms in total. The van der Waals surface area contributed by atoms with Crippen molar-refractivity contribution < 1.29 is 9.59 Å². The van der Waals surface area contributed by atoms with Gasteiger partial charge in [0, 0.05) is 61.4 Å². The van der Waals surface area contributed by atoms with Crippen LogP contribution in [0.25, 0.3) is 0 Å². The van der Waals surface area contributed by atoms with E-state index in [2.05, 4.69) is 10.2 Å². The largest absolute Gasteiger partial charge is 0.368 e. The summed E-state index contributed by atoms with van der Waals surface area (Å²) < 4.78 is 1.90. The molecule has 1 aromatic heterocycles. The second-order valence-electron chi connectivity index (χ2n) is 9.66. The molecule has 0 radical (unpaired) electrons. The quantitative estimate of drug-likeness (QED) is 0.702. The molecule has 1 saturated heterocycles. The number of pyridine rings is 1. The summed E-state index contributed by atoms with van der Waals surface area (Å²) in [5.41, 5.74) is 0.741. The number of carbonyl (C=O) groups excluding carboxylic acids is 2. The van der Waals surface area contributed by atoms with Crippen molar-refractivity contribution in [2.75, 3.05) is 31.1 Å². The standard InChI is InChI=1S/C26H31ClN4O3/c27-18-5-4-8-21(15-18)29-11-13-30(14-12-29)26(34)23-17-31(20-9-10-20)16-22(24(23)32)25(33)28-19-6-2-1-3-7-19/h4-5,8,15-17,19-20H,1-3,6-7,9-14H2,(H,28,33). The van der Waals surface area contributed by atoms with Gasteiger partial charge in [-0.05, 0) is 43.9 Å². The first-order chi connectivity index (χ1) is 16.5. The zero-order valence-corrected chi connectivity index (χ0v) is 20.1. The van der Waals surface area contributed by atoms with Crippen LogP contribution in [-0.2, 0) is 0 Å². The van der Waals surface area contributed by atoms with Gasteiger partial charge in [0.1, 0.15) is 11.1 Å². The van der Waals surface area contributed by atoms with E-state index in [-0.39, 0.29) is 35.0 Å². The van der Waals surface area contributed by atoms with E-state index in [0.717, 1.165) is 44.2 Å². The molecule has 0 spiro atoms. The Morgan fingerprint density at radius 3 is 2.29 bits per heavy atom. The van der Waals surface area contributed by atoms with Gasteiger partial charge in [-0.3, -0.25) is 14.4 Å². The molecule has 8 heteroatoms. The molecule has 2 heterocycles. The van der Waals surface area contributed by atoms with E-state index in [0.29, 0.717) is 31.2 Å². The number of aromatic nitrogens is 1. The second kappa shape index (κ2) is 9.82. The van der Waals surface area contributed by atoms with E-state index in [1.54, 1.807) is 17.3 Å². The van der Waals surface area contributed by atoms with Crippen LogP contribution in [0.5, 0.6) is 0 Å². The highest BCUT2D eigenvalue weighted by atomic mass is 35.5. The third-order valence-electron chi connectivity index (χ3n) is 7.17. The van der Waals surface area contributed by atoms with Crippen molar-refractivity contribution in [2.45, 2.75) is 57.0 Å². The number of hydrogen-bond acceptors (Lipinski definition) is 4. The Balaban J connectivity index is 1.34. The van der Waals surface area contributed by atoms with Gasteiger partial charge in [0.15, 0.2) is 0 Å². The number of piperazine rings is 1. The summed E-state index contributed by atoms with van der Waals surface area (Å²) in [6, 6.07) is 8.04. The van der Waals surface area contributed by atoms with E-state index in [4.69, 9.17) is 11.6 Å². The van der Waals surface area contributed by atoms with Gasteiger partial charge in [0.05, 0.1) is 0 Å². The maximum absolute atomic E-state index is 13.4. The Bertz CT molecular complexity index is 1130. The summed E-state index contributed by atoms with van der Waals surface area (Å²) in [5.74, 6) is -0.649. The zero-order chi connectivity index (χ0) is 23.7. The lowest BCUT2D eigenvalue weighted by molar-refractivity contribution is 0.0744. The third-order valence-corrected chi connectivity index (χ3v) is 7.40. The van der Waals surface area contributed by atoms with E-state index < -0.39 is 5.43 Å². The summed E-state index contributed by atoms with van der Waals surface area (Å²) in [5, 5.41) is 3.72. The Morgan fingerprint density at radius 1 is 0.912 bits per heavy atom. The number of carbonyl (C=O) groups is 2. The Morgan fingerprint density at radius 2 is 1.62 bits per heavy atom. The maximum Gasteiger partial charge on any atom is 0.259 e. The highest BCUT2D eigenvalue weighted by molar-refractivity contribution is 6.30. The van der Waals surface area contributed by atoms with E-state index >= 15 is 0 Å². The fourth-order valence-corrected chi connectivity index (χ4v) is 5.20. The van der Waals surface area contributed by atoms with Gasteiger partial charge in [-0.15, -0.1) is 0 Å². The molecular weight excluding hydrogens is 452 g/mol. The zero-order valence-electron chi connectivity index (χ0n) is 19.3. The van der Waals surface area contributed by atoms with Crippen LogP contribution >= 0.6 is 11.6 Å². The smallest absolute Gasteiger partial charge is 0.259 e. The molecule has 1 aliphatic heterocycles. The second-order valence-corrected chi connectivity index (χ2v) is 10.1. The minimum Gasteiger partial charge on any atom is -0.368 e. The monoisotopic (exact) mass is 482 g/mol. The van der Waals surface area contributed by atoms with Crippen molar-refractivity contribution in [3.05, 3.63) is 63.0 Å². The molecule has 2 saturated carbocycles. The molecule has 2 aromatic rings. The number of hydrogen-bond donors (Lipinski definition) is 1. The number of nitrogens with zero attached hydrogens (tertiary/aromatic N) is 3. The molecular formula is C26H31ClN4O3. The Kier molecular flexibility index (Phi) is 6.63. The molecule has 5 rings (SSSR count). The molecule has 1 N–H and O–H groups in total. The van der Waals surface area contributed by atoms with Gasteiger partial charge in [-0.2, -0.15) is 0 Å². The molecule has 1 aromatic carbocycles. The molecule has 0 atom stereocenters. The predicted octanol–water partition coefficient (Wildman–Crippen LogP) is 3.86. The predicted molar refractivity (Wildman–Crippen MR) is 133 cm³/mol. The molecule has 0 unspecified atom stereocenters. The minimum absolute atomic E-state index is 0.0842. The van der Waals surface area contributed by atoms with Crippen LogP contribution in [0.2, 0.25) is 5.02 Å². The highest BCUT2D eigenvalue weighted by Gasteiger charge is 2.30. The van der Waals surface area contributed by atoms with Crippen molar-refractivity contribution in [1.82, 2.24) is 14.8 Å². The van der Waals surface area contributed by atoms with Crippen molar-refractivity contribution in [2.24, 2.45) is 0 Å². The van der Waals surface area contributed by atoms with Crippen LogP contribution in [0, 0.1) is 0 Å². The molecule has 34 heavy (non-hydrogen) atoms. The lowest BCUT2D eigenvalue weighted by atomic mass is 9.95. The number of benzene rings is 1. The first-order valence-corrected chi connectivity index (χ1v) is 12.7. The normalized spacial score (nSPS) is 19.2. The van der Waals surface area contributed by atoms with E-state index in [1.807, 2.05) is 28.8 Å². The lowest BCUT2D eigenvalue weighted by Gasteiger charge is -2.36. The first kappa shape index (κ1) is 23.0. The number of rotatable bonds is 5. The van der Waals surface area contributed by atoms with Crippen LogP contribution < -0.4 is 15.6 Å². The van der Waals surface area contributed by atoms with Crippen LogP contribution in [0.3, 0.4) is 0 Å². The van der Waals surface area contributed by atoms with Gasteiger partial charge < -0.3 is 19.7 Å². The number of halogens is 1. The third kappa shape index (κ3) is 4.99.